The van der Waals surface area contributed by atoms with Crippen molar-refractivity contribution in [2.45, 2.75) is 52.0 Å². The van der Waals surface area contributed by atoms with Gasteiger partial charge in [-0.1, -0.05) is 13.8 Å². The predicted molar refractivity (Wildman–Crippen MR) is 98.7 cm³/mol. The van der Waals surface area contributed by atoms with E-state index >= 15 is 0 Å². The first-order valence-corrected chi connectivity index (χ1v) is 8.36. The van der Waals surface area contributed by atoms with E-state index < -0.39 is 0 Å². The highest BCUT2D eigenvalue weighted by Crippen LogP contribution is 2.44. The Morgan fingerprint density at radius 3 is 2.87 bits per heavy atom. The zero-order valence-corrected chi connectivity index (χ0v) is 15.0. The molecule has 1 aliphatic rings. The minimum atomic E-state index is -0.289. The van der Waals surface area contributed by atoms with E-state index in [4.69, 9.17) is 5.73 Å². The Balaban J connectivity index is 2.44. The van der Waals surface area contributed by atoms with Gasteiger partial charge < -0.3 is 10.6 Å². The van der Waals surface area contributed by atoms with Gasteiger partial charge in [-0.15, -0.1) is 0 Å². The summed E-state index contributed by atoms with van der Waals surface area (Å²) in [5.74, 6) is 0.0765. The van der Waals surface area contributed by atoms with Gasteiger partial charge in [-0.25, -0.2) is 4.39 Å². The third kappa shape index (κ3) is 3.80. The van der Waals surface area contributed by atoms with Gasteiger partial charge in [-0.3, -0.25) is 5.43 Å². The molecule has 6 heteroatoms. The van der Waals surface area contributed by atoms with Gasteiger partial charge in [-0.05, 0) is 62.5 Å². The Bertz CT molecular complexity index is 627. The predicted octanol–water partition coefficient (Wildman–Crippen LogP) is 3.50. The lowest BCUT2D eigenvalue weighted by molar-refractivity contribution is 0.375. The molecule has 0 saturated carbocycles. The Kier molecular flexibility index (Phi) is 5.24. The molecule has 1 unspecified atom stereocenters. The van der Waals surface area contributed by atoms with Crippen LogP contribution in [0.1, 0.15) is 57.6 Å². The van der Waals surface area contributed by atoms with E-state index in [-0.39, 0.29) is 16.5 Å². The summed E-state index contributed by atoms with van der Waals surface area (Å²) in [7, 11) is 0. The number of benzene rings is 1. The molecule has 126 valence electrons. The first-order valence-electron chi connectivity index (χ1n) is 7.96. The van der Waals surface area contributed by atoms with Crippen molar-refractivity contribution in [1.29, 1.82) is 0 Å². The average Bonchev–Trinajstić information content (AvgIpc) is 2.43. The largest absolute Gasteiger partial charge is 0.375 e. The summed E-state index contributed by atoms with van der Waals surface area (Å²) < 4.78 is 14.5. The van der Waals surface area contributed by atoms with Gasteiger partial charge in [0.1, 0.15) is 5.82 Å². The molecule has 0 aliphatic carbocycles. The molecule has 23 heavy (non-hydrogen) atoms. The monoisotopic (exact) mass is 336 g/mol. The Morgan fingerprint density at radius 1 is 1.57 bits per heavy atom. The molecule has 1 heterocycles. The van der Waals surface area contributed by atoms with Crippen LogP contribution in [0.25, 0.3) is 0 Å². The number of hydrogen-bond donors (Lipinski definition) is 2. The highest BCUT2D eigenvalue weighted by molar-refractivity contribution is 7.80. The van der Waals surface area contributed by atoms with Crippen molar-refractivity contribution in [2.75, 3.05) is 11.4 Å². The molecule has 1 aliphatic heterocycles. The van der Waals surface area contributed by atoms with E-state index in [9.17, 15) is 4.39 Å². The van der Waals surface area contributed by atoms with Gasteiger partial charge in [0.25, 0.3) is 0 Å². The van der Waals surface area contributed by atoms with Crippen molar-refractivity contribution in [3.8, 4) is 0 Å². The summed E-state index contributed by atoms with van der Waals surface area (Å²) in [6, 6.07) is 3.52. The molecule has 0 saturated heterocycles. The number of nitrogens with zero attached hydrogens (tertiary/aromatic N) is 2. The number of nitrogens with two attached hydrogens (primary N) is 1. The molecular weight excluding hydrogens is 311 g/mol. The standard InChI is InChI=1S/C17H25FN4S/c1-5-6-22-15-8-14(18)12(10-20-21-16(19)23)7-13(15)11(2)9-17(22,3)4/h7-8,10-11H,5-6,9H2,1-4H3,(H3,19,21,23)/b20-10-. The SMILES string of the molecule is CCCN1c2cc(F)c(/C=N\NC(N)=S)cc2C(C)CC1(C)C. The lowest BCUT2D eigenvalue weighted by atomic mass is 9.79. The Labute approximate surface area is 142 Å². The molecule has 0 aromatic heterocycles. The van der Waals surface area contributed by atoms with Crippen LogP contribution in [0.5, 0.6) is 0 Å². The number of halogens is 1. The minimum absolute atomic E-state index is 0.0256. The summed E-state index contributed by atoms with van der Waals surface area (Å²) in [6.07, 6.45) is 3.48. The van der Waals surface area contributed by atoms with E-state index in [0.717, 1.165) is 30.6 Å². The molecule has 0 spiro atoms. The normalized spacial score (nSPS) is 19.7. The third-order valence-corrected chi connectivity index (χ3v) is 4.42. The van der Waals surface area contributed by atoms with Crippen LogP contribution < -0.4 is 16.1 Å². The van der Waals surface area contributed by atoms with Crippen LogP contribution in [0.2, 0.25) is 0 Å². The lowest BCUT2D eigenvalue weighted by Crippen LogP contribution is -2.48. The fourth-order valence-electron chi connectivity index (χ4n) is 3.43. The summed E-state index contributed by atoms with van der Waals surface area (Å²) in [6.45, 7) is 9.70. The summed E-state index contributed by atoms with van der Waals surface area (Å²) in [5.41, 5.74) is 10.4. The van der Waals surface area contributed by atoms with Crippen LogP contribution in [0.4, 0.5) is 10.1 Å². The summed E-state index contributed by atoms with van der Waals surface area (Å²) in [4.78, 5) is 2.32. The zero-order valence-electron chi connectivity index (χ0n) is 14.2. The molecule has 2 rings (SSSR count). The van der Waals surface area contributed by atoms with Gasteiger partial charge in [0.05, 0.1) is 6.21 Å². The van der Waals surface area contributed by atoms with Crippen molar-refractivity contribution < 1.29 is 4.39 Å². The van der Waals surface area contributed by atoms with Gasteiger partial charge in [0.15, 0.2) is 5.11 Å². The molecule has 0 bridgehead atoms. The zero-order chi connectivity index (χ0) is 17.2. The van der Waals surface area contributed by atoms with Crippen LogP contribution in [0.15, 0.2) is 17.2 Å². The molecule has 1 aromatic rings. The molecule has 0 fully saturated rings. The van der Waals surface area contributed by atoms with E-state index in [1.54, 1.807) is 6.07 Å². The number of nitrogens with one attached hydrogen (secondary N) is 1. The number of fused-ring (bicyclic) bond motifs is 1. The first kappa shape index (κ1) is 17.7. The summed E-state index contributed by atoms with van der Waals surface area (Å²) >= 11 is 4.68. The van der Waals surface area contributed by atoms with Crippen molar-refractivity contribution in [3.63, 3.8) is 0 Å². The fourth-order valence-corrected chi connectivity index (χ4v) is 3.48. The van der Waals surface area contributed by atoms with Gasteiger partial charge in [-0.2, -0.15) is 5.10 Å². The van der Waals surface area contributed by atoms with Crippen molar-refractivity contribution in [2.24, 2.45) is 10.8 Å². The average molecular weight is 336 g/mol. The van der Waals surface area contributed by atoms with Crippen molar-refractivity contribution >= 4 is 29.2 Å². The van der Waals surface area contributed by atoms with E-state index in [2.05, 4.69) is 55.3 Å². The van der Waals surface area contributed by atoms with Crippen LogP contribution in [0, 0.1) is 5.82 Å². The highest BCUT2D eigenvalue weighted by Gasteiger charge is 2.36. The van der Waals surface area contributed by atoms with Gasteiger partial charge in [0.2, 0.25) is 0 Å². The second kappa shape index (κ2) is 6.83. The Morgan fingerprint density at radius 2 is 2.26 bits per heavy atom. The molecular formula is C17H25FN4S. The molecule has 0 radical (unpaired) electrons. The second-order valence-corrected chi connectivity index (χ2v) is 7.18. The number of rotatable bonds is 4. The number of hydrogen-bond acceptors (Lipinski definition) is 3. The smallest absolute Gasteiger partial charge is 0.184 e. The number of thiocarbonyl (C=S) groups is 1. The van der Waals surface area contributed by atoms with Gasteiger partial charge in [0, 0.05) is 23.3 Å². The fraction of sp³-hybridized carbons (Fsp3) is 0.529. The van der Waals surface area contributed by atoms with E-state index in [1.807, 2.05) is 6.07 Å². The second-order valence-electron chi connectivity index (χ2n) is 6.74. The minimum Gasteiger partial charge on any atom is -0.375 e. The van der Waals surface area contributed by atoms with Crippen LogP contribution in [-0.4, -0.2) is 23.4 Å². The van der Waals surface area contributed by atoms with E-state index in [1.165, 1.54) is 6.21 Å². The van der Waals surface area contributed by atoms with Gasteiger partial charge >= 0.3 is 0 Å². The van der Waals surface area contributed by atoms with E-state index in [0.29, 0.717) is 11.5 Å². The molecule has 3 N–H and O–H groups in total. The maximum atomic E-state index is 14.5. The number of hydrazone groups is 1. The lowest BCUT2D eigenvalue weighted by Gasteiger charge is -2.47. The maximum absolute atomic E-state index is 14.5. The van der Waals surface area contributed by atoms with Crippen molar-refractivity contribution in [1.82, 2.24) is 5.43 Å². The number of anilines is 1. The maximum Gasteiger partial charge on any atom is 0.184 e. The third-order valence-electron chi connectivity index (χ3n) is 4.33. The molecule has 1 atom stereocenters. The van der Waals surface area contributed by atoms with Crippen LogP contribution >= 0.6 is 12.2 Å². The molecule has 1 aromatic carbocycles. The van der Waals surface area contributed by atoms with Crippen LogP contribution in [-0.2, 0) is 0 Å². The molecule has 4 nitrogen and oxygen atoms in total. The topological polar surface area (TPSA) is 53.6 Å². The quantitative estimate of drug-likeness (QED) is 0.502. The summed E-state index contributed by atoms with van der Waals surface area (Å²) in [5, 5.41) is 3.92. The van der Waals surface area contributed by atoms with Crippen molar-refractivity contribution in [3.05, 3.63) is 29.1 Å². The Hall–Kier alpha value is -1.69. The highest BCUT2D eigenvalue weighted by atomic mass is 32.1. The first-order chi connectivity index (χ1) is 10.8. The van der Waals surface area contributed by atoms with Crippen LogP contribution in [0.3, 0.4) is 0 Å². The molecule has 0 amide bonds.